The SMILES string of the molecule is S=C(Cl)c1ccc(Cl)cc1. The summed E-state index contributed by atoms with van der Waals surface area (Å²) in [6.45, 7) is 0. The van der Waals surface area contributed by atoms with Crippen molar-refractivity contribution in [2.75, 3.05) is 0 Å². The van der Waals surface area contributed by atoms with Gasteiger partial charge in [0.25, 0.3) is 0 Å². The van der Waals surface area contributed by atoms with E-state index in [4.69, 9.17) is 35.4 Å². The summed E-state index contributed by atoms with van der Waals surface area (Å²) in [6.07, 6.45) is 0. The summed E-state index contributed by atoms with van der Waals surface area (Å²) in [5.41, 5.74) is 0.834. The molecule has 0 N–H and O–H groups in total. The Morgan fingerprint density at radius 1 is 1.20 bits per heavy atom. The maximum absolute atomic E-state index is 5.63. The van der Waals surface area contributed by atoms with Crippen molar-refractivity contribution < 1.29 is 0 Å². The van der Waals surface area contributed by atoms with Crippen LogP contribution < -0.4 is 0 Å². The quantitative estimate of drug-likeness (QED) is 0.485. The second-order valence-electron chi connectivity index (χ2n) is 1.78. The van der Waals surface area contributed by atoms with Crippen LogP contribution in [-0.4, -0.2) is 4.32 Å². The zero-order chi connectivity index (χ0) is 7.56. The highest BCUT2D eigenvalue weighted by Crippen LogP contribution is 2.11. The summed E-state index contributed by atoms with van der Waals surface area (Å²) in [5.74, 6) is 0. The monoisotopic (exact) mass is 190 g/mol. The summed E-state index contributed by atoms with van der Waals surface area (Å²) in [4.78, 5) is 0. The molecule has 0 aliphatic rings. The maximum atomic E-state index is 5.63. The molecule has 0 unspecified atom stereocenters. The Balaban J connectivity index is 3.00. The number of hydrogen-bond donors (Lipinski definition) is 0. The molecule has 0 radical (unpaired) electrons. The number of halogens is 2. The Bertz CT molecular complexity index is 240. The molecule has 1 aromatic carbocycles. The van der Waals surface area contributed by atoms with E-state index in [1.54, 1.807) is 24.3 Å². The van der Waals surface area contributed by atoms with Gasteiger partial charge in [-0.1, -0.05) is 47.6 Å². The minimum atomic E-state index is 0.372. The van der Waals surface area contributed by atoms with Gasteiger partial charge in [-0.25, -0.2) is 0 Å². The molecule has 10 heavy (non-hydrogen) atoms. The van der Waals surface area contributed by atoms with Crippen molar-refractivity contribution in [1.29, 1.82) is 0 Å². The van der Waals surface area contributed by atoms with Gasteiger partial charge in [0.2, 0.25) is 0 Å². The molecule has 0 spiro atoms. The molecule has 0 aromatic heterocycles. The Labute approximate surface area is 74.8 Å². The summed E-state index contributed by atoms with van der Waals surface area (Å²) in [7, 11) is 0. The highest BCUT2D eigenvalue weighted by Gasteiger charge is 1.94. The molecule has 0 saturated carbocycles. The van der Waals surface area contributed by atoms with E-state index in [-0.39, 0.29) is 0 Å². The molecule has 0 fully saturated rings. The van der Waals surface area contributed by atoms with Gasteiger partial charge < -0.3 is 0 Å². The zero-order valence-corrected chi connectivity index (χ0v) is 7.30. The molecule has 0 atom stereocenters. The van der Waals surface area contributed by atoms with Crippen molar-refractivity contribution in [2.24, 2.45) is 0 Å². The van der Waals surface area contributed by atoms with Gasteiger partial charge in [-0.05, 0) is 12.1 Å². The van der Waals surface area contributed by atoms with Gasteiger partial charge in [-0.15, -0.1) is 0 Å². The first-order chi connectivity index (χ1) is 4.70. The second-order valence-corrected chi connectivity index (χ2v) is 3.23. The highest BCUT2D eigenvalue weighted by molar-refractivity contribution is 7.83. The first kappa shape index (κ1) is 7.99. The Morgan fingerprint density at radius 2 is 1.70 bits per heavy atom. The van der Waals surface area contributed by atoms with Crippen molar-refractivity contribution in [1.82, 2.24) is 0 Å². The van der Waals surface area contributed by atoms with Crippen LogP contribution in [0.15, 0.2) is 24.3 Å². The van der Waals surface area contributed by atoms with Crippen molar-refractivity contribution >= 4 is 39.7 Å². The van der Waals surface area contributed by atoms with E-state index >= 15 is 0 Å². The lowest BCUT2D eigenvalue weighted by molar-refractivity contribution is 1.68. The minimum absolute atomic E-state index is 0.372. The van der Waals surface area contributed by atoms with E-state index < -0.39 is 0 Å². The van der Waals surface area contributed by atoms with Crippen LogP contribution in [0.1, 0.15) is 5.56 Å². The molecule has 0 heterocycles. The number of rotatable bonds is 1. The van der Waals surface area contributed by atoms with Crippen LogP contribution in [-0.2, 0) is 0 Å². The molecular weight excluding hydrogens is 187 g/mol. The van der Waals surface area contributed by atoms with Crippen molar-refractivity contribution in [3.8, 4) is 0 Å². The van der Waals surface area contributed by atoms with E-state index in [1.165, 1.54) is 0 Å². The number of hydrogen-bond acceptors (Lipinski definition) is 1. The Morgan fingerprint density at radius 3 is 2.10 bits per heavy atom. The van der Waals surface area contributed by atoms with Crippen LogP contribution >= 0.6 is 35.4 Å². The molecule has 1 rings (SSSR count). The van der Waals surface area contributed by atoms with E-state index in [9.17, 15) is 0 Å². The predicted molar refractivity (Wildman–Crippen MR) is 49.0 cm³/mol. The molecule has 52 valence electrons. The first-order valence-corrected chi connectivity index (χ1v) is 3.82. The van der Waals surface area contributed by atoms with E-state index in [1.807, 2.05) is 0 Å². The van der Waals surface area contributed by atoms with Gasteiger partial charge in [0, 0.05) is 10.6 Å². The van der Waals surface area contributed by atoms with Gasteiger partial charge in [0.05, 0.1) is 0 Å². The van der Waals surface area contributed by atoms with Crippen molar-refractivity contribution in [3.63, 3.8) is 0 Å². The van der Waals surface area contributed by atoms with E-state index in [0.29, 0.717) is 9.35 Å². The topological polar surface area (TPSA) is 0 Å². The fourth-order valence-corrected chi connectivity index (χ4v) is 0.969. The minimum Gasteiger partial charge on any atom is -0.0843 e. The molecule has 0 nitrogen and oxygen atoms in total. The van der Waals surface area contributed by atoms with E-state index in [0.717, 1.165) is 5.56 Å². The first-order valence-electron chi connectivity index (χ1n) is 2.65. The van der Waals surface area contributed by atoms with Gasteiger partial charge in [-0.3, -0.25) is 0 Å². The van der Waals surface area contributed by atoms with Gasteiger partial charge in [-0.2, -0.15) is 0 Å². The normalized spacial score (nSPS) is 9.40. The average Bonchev–Trinajstić information content (AvgIpc) is 1.88. The fourth-order valence-electron chi connectivity index (χ4n) is 0.581. The molecule has 0 saturated heterocycles. The zero-order valence-electron chi connectivity index (χ0n) is 4.97. The van der Waals surface area contributed by atoms with Crippen LogP contribution in [0, 0.1) is 0 Å². The van der Waals surface area contributed by atoms with Crippen LogP contribution in [0.2, 0.25) is 5.02 Å². The molecule has 0 aliphatic heterocycles. The van der Waals surface area contributed by atoms with Crippen molar-refractivity contribution in [3.05, 3.63) is 34.9 Å². The smallest absolute Gasteiger partial charge is 0.0843 e. The number of benzene rings is 1. The summed E-state index contributed by atoms with van der Waals surface area (Å²) in [5, 5.41) is 0.691. The summed E-state index contributed by atoms with van der Waals surface area (Å²) < 4.78 is 0.372. The maximum Gasteiger partial charge on any atom is 0.111 e. The Kier molecular flexibility index (Phi) is 2.66. The molecule has 0 aliphatic carbocycles. The standard InChI is InChI=1S/C7H4Cl2S/c8-6-3-1-5(2-4-6)7(9)10/h1-4H. The Hall–Kier alpha value is -0.110. The fraction of sp³-hybridized carbons (Fsp3) is 0. The third-order valence-electron chi connectivity index (χ3n) is 1.07. The lowest BCUT2D eigenvalue weighted by Gasteiger charge is -1.93. The summed E-state index contributed by atoms with van der Waals surface area (Å²) in [6, 6.07) is 7.09. The van der Waals surface area contributed by atoms with Crippen molar-refractivity contribution in [2.45, 2.75) is 0 Å². The van der Waals surface area contributed by atoms with Crippen LogP contribution in [0.25, 0.3) is 0 Å². The van der Waals surface area contributed by atoms with Crippen LogP contribution in [0.4, 0.5) is 0 Å². The molecule has 3 heteroatoms. The van der Waals surface area contributed by atoms with Gasteiger partial charge >= 0.3 is 0 Å². The van der Waals surface area contributed by atoms with Gasteiger partial charge in [0.15, 0.2) is 0 Å². The van der Waals surface area contributed by atoms with Crippen LogP contribution in [0.3, 0.4) is 0 Å². The largest absolute Gasteiger partial charge is 0.111 e. The molecule has 0 amide bonds. The van der Waals surface area contributed by atoms with Crippen LogP contribution in [0.5, 0.6) is 0 Å². The summed E-state index contributed by atoms with van der Waals surface area (Å²) >= 11 is 15.9. The second kappa shape index (κ2) is 3.33. The lowest BCUT2D eigenvalue weighted by atomic mass is 10.2. The molecule has 1 aromatic rings. The predicted octanol–water partition coefficient (Wildman–Crippen LogP) is 3.25. The molecular formula is C7H4Cl2S. The lowest BCUT2D eigenvalue weighted by Crippen LogP contribution is -1.83. The van der Waals surface area contributed by atoms with Gasteiger partial charge in [0.1, 0.15) is 4.32 Å². The average molecular weight is 191 g/mol. The highest BCUT2D eigenvalue weighted by atomic mass is 35.5. The third kappa shape index (κ3) is 1.94. The molecule has 0 bridgehead atoms. The number of thiocarbonyl (C=S) groups is 1. The van der Waals surface area contributed by atoms with E-state index in [2.05, 4.69) is 0 Å². The third-order valence-corrected chi connectivity index (χ3v) is 1.78.